The third-order valence-electron chi connectivity index (χ3n) is 4.16. The van der Waals surface area contributed by atoms with Crippen molar-refractivity contribution in [2.45, 2.75) is 25.2 Å². The maximum absolute atomic E-state index is 13.4. The van der Waals surface area contributed by atoms with Crippen LogP contribution in [-0.2, 0) is 4.74 Å². The normalized spacial score (nSPS) is 15.7. The quantitative estimate of drug-likeness (QED) is 0.541. The number of benzene rings is 1. The molecule has 5 nitrogen and oxygen atoms in total. The fraction of sp³-hybridized carbons (Fsp3) is 0.421. The van der Waals surface area contributed by atoms with Crippen molar-refractivity contribution in [2.75, 3.05) is 32.2 Å². The van der Waals surface area contributed by atoms with Gasteiger partial charge < -0.3 is 9.64 Å². The van der Waals surface area contributed by atoms with Gasteiger partial charge in [-0.2, -0.15) is 0 Å². The van der Waals surface area contributed by atoms with Crippen LogP contribution < -0.4 is 4.90 Å². The Kier molecular flexibility index (Phi) is 7.60. The zero-order valence-corrected chi connectivity index (χ0v) is 15.8. The molecule has 2 heterocycles. The SMILES string of the molecule is COC.O=Cc1nc(-c2ccc(F)cc2)c(N2CCC(F)(F)CC2)nc1C(F)F. The van der Waals surface area contributed by atoms with Crippen LogP contribution in [0.15, 0.2) is 24.3 Å². The summed E-state index contributed by atoms with van der Waals surface area (Å²) in [4.78, 5) is 20.4. The predicted octanol–water partition coefficient (Wildman–Crippen LogP) is 4.53. The minimum Gasteiger partial charge on any atom is -0.388 e. The Balaban J connectivity index is 0.000000941. The lowest BCUT2D eigenvalue weighted by molar-refractivity contribution is -0.0221. The van der Waals surface area contributed by atoms with Crippen LogP contribution in [0.5, 0.6) is 0 Å². The van der Waals surface area contributed by atoms with Gasteiger partial charge in [-0.1, -0.05) is 0 Å². The van der Waals surface area contributed by atoms with Gasteiger partial charge in [0.15, 0.2) is 12.1 Å². The van der Waals surface area contributed by atoms with Crippen molar-refractivity contribution in [1.29, 1.82) is 0 Å². The van der Waals surface area contributed by atoms with Crippen molar-refractivity contribution in [3.05, 3.63) is 41.5 Å². The molecule has 0 N–H and O–H groups in total. The molecule has 3 rings (SSSR count). The van der Waals surface area contributed by atoms with E-state index in [0.717, 1.165) is 12.1 Å². The van der Waals surface area contributed by atoms with E-state index in [1.807, 2.05) is 0 Å². The molecule has 1 aliphatic heterocycles. The van der Waals surface area contributed by atoms with Gasteiger partial charge in [-0.05, 0) is 24.3 Å². The van der Waals surface area contributed by atoms with Crippen LogP contribution in [0.25, 0.3) is 11.3 Å². The van der Waals surface area contributed by atoms with E-state index in [0.29, 0.717) is 5.56 Å². The van der Waals surface area contributed by atoms with Crippen molar-refractivity contribution in [3.63, 3.8) is 0 Å². The maximum Gasteiger partial charge on any atom is 0.282 e. The second-order valence-electron chi connectivity index (χ2n) is 6.34. The first-order valence-corrected chi connectivity index (χ1v) is 8.66. The topological polar surface area (TPSA) is 55.3 Å². The average molecular weight is 417 g/mol. The largest absolute Gasteiger partial charge is 0.388 e. The molecular formula is C19H20F5N3O2. The number of halogens is 5. The van der Waals surface area contributed by atoms with Gasteiger partial charge in [0.25, 0.3) is 12.3 Å². The number of piperidine rings is 1. The van der Waals surface area contributed by atoms with Crippen LogP contribution in [0.4, 0.5) is 27.8 Å². The lowest BCUT2D eigenvalue weighted by Gasteiger charge is -2.33. The van der Waals surface area contributed by atoms with Crippen LogP contribution in [0.3, 0.4) is 0 Å². The van der Waals surface area contributed by atoms with E-state index in [2.05, 4.69) is 14.7 Å². The number of methoxy groups -OCH3 is 1. The van der Waals surface area contributed by atoms with E-state index in [1.165, 1.54) is 17.0 Å². The lowest BCUT2D eigenvalue weighted by Crippen LogP contribution is -2.40. The molecule has 1 saturated heterocycles. The second-order valence-corrected chi connectivity index (χ2v) is 6.34. The first-order valence-electron chi connectivity index (χ1n) is 8.66. The number of carbonyl (C=O) groups is 1. The number of anilines is 1. The maximum atomic E-state index is 13.4. The Morgan fingerprint density at radius 2 is 1.66 bits per heavy atom. The van der Waals surface area contributed by atoms with Crippen LogP contribution in [0.1, 0.15) is 35.4 Å². The third kappa shape index (κ3) is 5.69. The Morgan fingerprint density at radius 3 is 2.14 bits per heavy atom. The number of alkyl halides is 4. The fourth-order valence-electron chi connectivity index (χ4n) is 2.77. The molecule has 10 heteroatoms. The number of aldehydes is 1. The van der Waals surface area contributed by atoms with Gasteiger partial charge in [0.05, 0.1) is 0 Å². The van der Waals surface area contributed by atoms with Crippen LogP contribution in [-0.4, -0.2) is 49.5 Å². The van der Waals surface area contributed by atoms with Crippen molar-refractivity contribution >= 4 is 12.1 Å². The molecule has 0 amide bonds. The van der Waals surface area contributed by atoms with Gasteiger partial charge in [0.1, 0.15) is 22.9 Å². The summed E-state index contributed by atoms with van der Waals surface area (Å²) < 4.78 is 70.7. The number of ether oxygens (including phenoxy) is 1. The van der Waals surface area contributed by atoms with E-state index >= 15 is 0 Å². The average Bonchev–Trinajstić information content (AvgIpc) is 2.68. The number of hydrogen-bond donors (Lipinski definition) is 0. The first-order chi connectivity index (χ1) is 13.7. The predicted molar refractivity (Wildman–Crippen MR) is 97.1 cm³/mol. The summed E-state index contributed by atoms with van der Waals surface area (Å²) in [7, 11) is 3.25. The molecule has 158 valence electrons. The molecule has 2 aromatic rings. The van der Waals surface area contributed by atoms with Gasteiger partial charge in [-0.15, -0.1) is 0 Å². The molecule has 0 bridgehead atoms. The minimum atomic E-state index is -3.05. The minimum absolute atomic E-state index is 0.0204. The Bertz CT molecular complexity index is 821. The molecule has 1 aromatic carbocycles. The summed E-state index contributed by atoms with van der Waals surface area (Å²) in [5, 5.41) is 0. The molecule has 0 spiro atoms. The summed E-state index contributed by atoms with van der Waals surface area (Å²) in [6.07, 6.45) is -3.78. The zero-order chi connectivity index (χ0) is 21.6. The molecular weight excluding hydrogens is 397 g/mol. The number of rotatable bonds is 4. The standard InChI is InChI=1S/C17H14F5N3O.C2H6O/c18-11-3-1-10(2-4-11)13-16(25-7-5-17(21,22)6-8-25)24-14(15(19)20)12(9-26)23-13;1-3-2/h1-4,9,15H,5-8H2;1-2H3. The highest BCUT2D eigenvalue weighted by molar-refractivity contribution is 5.79. The first kappa shape index (κ1) is 22.7. The monoisotopic (exact) mass is 417 g/mol. The van der Waals surface area contributed by atoms with E-state index < -0.39 is 42.4 Å². The third-order valence-corrected chi connectivity index (χ3v) is 4.16. The Labute approximate surface area is 164 Å². The molecule has 1 aliphatic rings. The van der Waals surface area contributed by atoms with Crippen molar-refractivity contribution in [2.24, 2.45) is 0 Å². The molecule has 1 fully saturated rings. The molecule has 0 radical (unpaired) electrons. The summed E-state index contributed by atoms with van der Waals surface area (Å²) in [5.74, 6) is -3.36. The van der Waals surface area contributed by atoms with Gasteiger partial charge in [0.2, 0.25) is 0 Å². The van der Waals surface area contributed by atoms with Gasteiger partial charge >= 0.3 is 0 Å². The van der Waals surface area contributed by atoms with E-state index in [-0.39, 0.29) is 30.9 Å². The smallest absolute Gasteiger partial charge is 0.282 e. The molecule has 0 aliphatic carbocycles. The Morgan fingerprint density at radius 1 is 1.10 bits per heavy atom. The van der Waals surface area contributed by atoms with Crippen LogP contribution >= 0.6 is 0 Å². The van der Waals surface area contributed by atoms with Crippen molar-refractivity contribution in [1.82, 2.24) is 9.97 Å². The molecule has 0 saturated carbocycles. The molecule has 29 heavy (non-hydrogen) atoms. The number of carbonyl (C=O) groups excluding carboxylic acids is 1. The Hall–Kier alpha value is -2.62. The van der Waals surface area contributed by atoms with E-state index in [1.54, 1.807) is 14.2 Å². The fourth-order valence-corrected chi connectivity index (χ4v) is 2.77. The second kappa shape index (κ2) is 9.73. The highest BCUT2D eigenvalue weighted by Gasteiger charge is 2.36. The summed E-state index contributed by atoms with van der Waals surface area (Å²) in [6.45, 7) is -0.196. The summed E-state index contributed by atoms with van der Waals surface area (Å²) >= 11 is 0. The zero-order valence-electron chi connectivity index (χ0n) is 15.8. The van der Waals surface area contributed by atoms with Crippen LogP contribution in [0, 0.1) is 5.82 Å². The number of aromatic nitrogens is 2. The van der Waals surface area contributed by atoms with E-state index in [9.17, 15) is 26.7 Å². The molecule has 1 aromatic heterocycles. The highest BCUT2D eigenvalue weighted by Crippen LogP contribution is 2.35. The summed E-state index contributed by atoms with van der Waals surface area (Å²) in [5.41, 5.74) is -0.930. The molecule has 0 atom stereocenters. The van der Waals surface area contributed by atoms with E-state index in [4.69, 9.17) is 0 Å². The van der Waals surface area contributed by atoms with Gasteiger partial charge in [-0.3, -0.25) is 4.79 Å². The summed E-state index contributed by atoms with van der Waals surface area (Å²) in [6, 6.07) is 5.01. The van der Waals surface area contributed by atoms with Crippen molar-refractivity contribution < 1.29 is 31.5 Å². The lowest BCUT2D eigenvalue weighted by atomic mass is 10.1. The number of hydrogen-bond acceptors (Lipinski definition) is 5. The highest BCUT2D eigenvalue weighted by atomic mass is 19.3. The number of nitrogens with zero attached hydrogens (tertiary/aromatic N) is 3. The van der Waals surface area contributed by atoms with Gasteiger partial charge in [-0.25, -0.2) is 31.9 Å². The molecule has 0 unspecified atom stereocenters. The van der Waals surface area contributed by atoms with Gasteiger partial charge in [0, 0.05) is 45.7 Å². The van der Waals surface area contributed by atoms with Crippen molar-refractivity contribution in [3.8, 4) is 11.3 Å². The van der Waals surface area contributed by atoms with Crippen LogP contribution in [0.2, 0.25) is 0 Å².